The quantitative estimate of drug-likeness (QED) is 0.888. The van der Waals surface area contributed by atoms with Crippen LogP contribution in [0.25, 0.3) is 0 Å². The number of furan rings is 1. The number of nitrogens with one attached hydrogen (secondary N) is 1. The van der Waals surface area contributed by atoms with E-state index in [1.165, 1.54) is 6.26 Å². The van der Waals surface area contributed by atoms with Gasteiger partial charge in [0, 0.05) is 0 Å². The Kier molecular flexibility index (Phi) is 3.27. The van der Waals surface area contributed by atoms with E-state index in [2.05, 4.69) is 5.32 Å². The molecule has 4 heteroatoms. The van der Waals surface area contributed by atoms with Crippen molar-refractivity contribution in [3.63, 3.8) is 0 Å². The van der Waals surface area contributed by atoms with Gasteiger partial charge in [0.25, 0.3) is 0 Å². The lowest BCUT2D eigenvalue weighted by molar-refractivity contribution is -0.115. The zero-order valence-corrected chi connectivity index (χ0v) is 9.20. The summed E-state index contributed by atoms with van der Waals surface area (Å²) in [6.07, 6.45) is 3.37. The summed E-state index contributed by atoms with van der Waals surface area (Å²) in [4.78, 5) is 11.6. The maximum Gasteiger partial charge on any atom is 0.228 e. The number of rotatable bonds is 3. The first kappa shape index (κ1) is 10.8. The van der Waals surface area contributed by atoms with Gasteiger partial charge in [-0.25, -0.2) is 0 Å². The zero-order valence-electron chi connectivity index (χ0n) is 8.44. The summed E-state index contributed by atoms with van der Waals surface area (Å²) in [7, 11) is 0. The molecule has 1 heterocycles. The largest absolute Gasteiger partial charge is 0.472 e. The average molecular weight is 236 g/mol. The number of benzene rings is 1. The van der Waals surface area contributed by atoms with Crippen molar-refractivity contribution >= 4 is 23.2 Å². The van der Waals surface area contributed by atoms with Crippen molar-refractivity contribution in [2.24, 2.45) is 0 Å². The van der Waals surface area contributed by atoms with Gasteiger partial charge in [0.1, 0.15) is 0 Å². The molecule has 2 aromatic rings. The Bertz CT molecular complexity index is 480. The summed E-state index contributed by atoms with van der Waals surface area (Å²) in [6, 6.07) is 8.88. The molecule has 82 valence electrons. The van der Waals surface area contributed by atoms with Crippen molar-refractivity contribution in [3.8, 4) is 0 Å². The van der Waals surface area contributed by atoms with Crippen LogP contribution in [0, 0.1) is 0 Å². The van der Waals surface area contributed by atoms with E-state index >= 15 is 0 Å². The van der Waals surface area contributed by atoms with Gasteiger partial charge in [0.2, 0.25) is 5.91 Å². The van der Waals surface area contributed by atoms with E-state index in [1.54, 1.807) is 24.5 Å². The second kappa shape index (κ2) is 4.86. The van der Waals surface area contributed by atoms with Crippen molar-refractivity contribution < 1.29 is 9.21 Å². The highest BCUT2D eigenvalue weighted by Gasteiger charge is 2.06. The number of anilines is 1. The van der Waals surface area contributed by atoms with Gasteiger partial charge in [0.05, 0.1) is 29.7 Å². The lowest BCUT2D eigenvalue weighted by atomic mass is 10.2. The third kappa shape index (κ3) is 2.64. The van der Waals surface area contributed by atoms with Crippen LogP contribution in [0.15, 0.2) is 47.3 Å². The van der Waals surface area contributed by atoms with Crippen molar-refractivity contribution in [2.45, 2.75) is 6.42 Å². The fourth-order valence-corrected chi connectivity index (χ4v) is 1.52. The van der Waals surface area contributed by atoms with Gasteiger partial charge in [-0.05, 0) is 23.8 Å². The third-order valence-electron chi connectivity index (χ3n) is 2.09. The van der Waals surface area contributed by atoms with E-state index in [0.29, 0.717) is 10.7 Å². The molecule has 16 heavy (non-hydrogen) atoms. The highest BCUT2D eigenvalue weighted by atomic mass is 35.5. The van der Waals surface area contributed by atoms with Crippen molar-refractivity contribution in [1.82, 2.24) is 0 Å². The molecule has 0 unspecified atom stereocenters. The summed E-state index contributed by atoms with van der Waals surface area (Å²) in [5, 5.41) is 3.27. The van der Waals surface area contributed by atoms with Crippen LogP contribution >= 0.6 is 11.6 Å². The fourth-order valence-electron chi connectivity index (χ4n) is 1.34. The Morgan fingerprint density at radius 3 is 2.81 bits per heavy atom. The van der Waals surface area contributed by atoms with E-state index in [0.717, 1.165) is 5.56 Å². The molecule has 0 aliphatic heterocycles. The highest BCUT2D eigenvalue weighted by molar-refractivity contribution is 6.33. The molecular formula is C12H10ClNO2. The molecule has 0 atom stereocenters. The highest BCUT2D eigenvalue weighted by Crippen LogP contribution is 2.20. The topological polar surface area (TPSA) is 42.2 Å². The first-order valence-corrected chi connectivity index (χ1v) is 5.19. The van der Waals surface area contributed by atoms with E-state index in [1.807, 2.05) is 12.1 Å². The molecule has 1 N–H and O–H groups in total. The molecule has 1 amide bonds. The number of halogens is 1. The number of para-hydroxylation sites is 1. The molecule has 2 rings (SSSR count). The molecule has 0 saturated heterocycles. The molecule has 3 nitrogen and oxygen atoms in total. The first-order chi connectivity index (χ1) is 7.75. The summed E-state index contributed by atoms with van der Waals surface area (Å²) in [6.45, 7) is 0. The Morgan fingerprint density at radius 1 is 1.31 bits per heavy atom. The van der Waals surface area contributed by atoms with E-state index < -0.39 is 0 Å². The van der Waals surface area contributed by atoms with Crippen molar-refractivity contribution in [2.75, 3.05) is 5.32 Å². The van der Waals surface area contributed by atoms with E-state index in [9.17, 15) is 4.79 Å². The monoisotopic (exact) mass is 235 g/mol. The maximum absolute atomic E-state index is 11.6. The van der Waals surface area contributed by atoms with Crippen LogP contribution in [0.4, 0.5) is 5.69 Å². The van der Waals surface area contributed by atoms with Gasteiger partial charge in [-0.3, -0.25) is 4.79 Å². The molecule has 0 saturated carbocycles. The van der Waals surface area contributed by atoms with Gasteiger partial charge in [-0.1, -0.05) is 23.7 Å². The summed E-state index contributed by atoms with van der Waals surface area (Å²) >= 11 is 5.92. The van der Waals surface area contributed by atoms with Crippen LogP contribution < -0.4 is 5.32 Å². The summed E-state index contributed by atoms with van der Waals surface area (Å²) < 4.78 is 4.88. The van der Waals surface area contributed by atoms with Gasteiger partial charge in [-0.2, -0.15) is 0 Å². The Hall–Kier alpha value is -1.74. The Morgan fingerprint density at radius 2 is 2.12 bits per heavy atom. The van der Waals surface area contributed by atoms with Crippen LogP contribution in [-0.4, -0.2) is 5.91 Å². The molecule has 0 bridgehead atoms. The minimum Gasteiger partial charge on any atom is -0.472 e. The Labute approximate surface area is 98.0 Å². The van der Waals surface area contributed by atoms with Crippen LogP contribution in [0.2, 0.25) is 5.02 Å². The Balaban J connectivity index is 2.00. The lowest BCUT2D eigenvalue weighted by Crippen LogP contribution is -2.14. The second-order valence-corrected chi connectivity index (χ2v) is 3.74. The summed E-state index contributed by atoms with van der Waals surface area (Å²) in [5.74, 6) is -0.116. The van der Waals surface area contributed by atoms with Crippen LogP contribution in [0.1, 0.15) is 5.56 Å². The second-order valence-electron chi connectivity index (χ2n) is 3.34. The number of hydrogen-bond donors (Lipinski definition) is 1. The molecule has 0 aliphatic rings. The van der Waals surface area contributed by atoms with Gasteiger partial charge < -0.3 is 9.73 Å². The maximum atomic E-state index is 11.6. The van der Waals surface area contributed by atoms with E-state index in [4.69, 9.17) is 16.0 Å². The van der Waals surface area contributed by atoms with E-state index in [-0.39, 0.29) is 12.3 Å². The van der Waals surface area contributed by atoms with Gasteiger partial charge in [-0.15, -0.1) is 0 Å². The number of hydrogen-bond acceptors (Lipinski definition) is 2. The molecule has 0 spiro atoms. The van der Waals surface area contributed by atoms with Crippen LogP contribution in [0.3, 0.4) is 0 Å². The standard InChI is InChI=1S/C12H10ClNO2/c13-10-3-1-2-4-11(10)14-12(15)7-9-5-6-16-8-9/h1-6,8H,7H2,(H,14,15). The normalized spacial score (nSPS) is 10.1. The van der Waals surface area contributed by atoms with Gasteiger partial charge >= 0.3 is 0 Å². The number of amides is 1. The SMILES string of the molecule is O=C(Cc1ccoc1)Nc1ccccc1Cl. The molecule has 0 radical (unpaired) electrons. The predicted octanol–water partition coefficient (Wildman–Crippen LogP) is 3.11. The first-order valence-electron chi connectivity index (χ1n) is 4.81. The molecule has 0 fully saturated rings. The molecular weight excluding hydrogens is 226 g/mol. The minimum absolute atomic E-state index is 0.116. The van der Waals surface area contributed by atoms with Crippen molar-refractivity contribution in [3.05, 3.63) is 53.4 Å². The van der Waals surface area contributed by atoms with Crippen LogP contribution in [0.5, 0.6) is 0 Å². The van der Waals surface area contributed by atoms with Crippen molar-refractivity contribution in [1.29, 1.82) is 0 Å². The smallest absolute Gasteiger partial charge is 0.228 e. The summed E-state index contributed by atoms with van der Waals surface area (Å²) in [5.41, 5.74) is 1.46. The molecule has 1 aromatic carbocycles. The zero-order chi connectivity index (χ0) is 11.4. The third-order valence-corrected chi connectivity index (χ3v) is 2.42. The number of carbonyl (C=O) groups is 1. The van der Waals surface area contributed by atoms with Gasteiger partial charge in [0.15, 0.2) is 0 Å². The lowest BCUT2D eigenvalue weighted by Gasteiger charge is -2.05. The predicted molar refractivity (Wildman–Crippen MR) is 62.5 cm³/mol. The van der Waals surface area contributed by atoms with Crippen LogP contribution in [-0.2, 0) is 11.2 Å². The number of carbonyl (C=O) groups excluding carboxylic acids is 1. The fraction of sp³-hybridized carbons (Fsp3) is 0.0833. The molecule has 1 aromatic heterocycles. The molecule has 0 aliphatic carbocycles. The minimum atomic E-state index is -0.116. The average Bonchev–Trinajstić information content (AvgIpc) is 2.74.